The van der Waals surface area contributed by atoms with Crippen LogP contribution in [0.25, 0.3) is 0 Å². The summed E-state index contributed by atoms with van der Waals surface area (Å²) in [5.74, 6) is 0. The number of rotatable bonds is 13. The SMILES string of the molecule is Cc1cccc(N(CCCN2CCc3cccc4c3C2CC4)S(=O)(=O)c2ccccc2)c1.Cc1cccc(NCCCN2CCc3cccc4c3C2CC4)c1.Cl.Cl.Cl.O=S(=O)(Cl)c1ccccc1. The highest BCUT2D eigenvalue weighted by Gasteiger charge is 2.34. The van der Waals surface area contributed by atoms with Crippen molar-refractivity contribution in [2.75, 3.05) is 48.9 Å². The van der Waals surface area contributed by atoms with Crippen molar-refractivity contribution in [1.82, 2.24) is 9.80 Å². The van der Waals surface area contributed by atoms with Gasteiger partial charge in [0.1, 0.15) is 0 Å². The molecule has 364 valence electrons. The van der Waals surface area contributed by atoms with Crippen LogP contribution in [0.2, 0.25) is 0 Å². The van der Waals surface area contributed by atoms with Gasteiger partial charge in [0.25, 0.3) is 19.1 Å². The first kappa shape index (κ1) is 54.8. The quantitative estimate of drug-likeness (QED) is 0.0910. The predicted molar refractivity (Wildman–Crippen MR) is 288 cm³/mol. The maximum Gasteiger partial charge on any atom is 0.264 e. The smallest absolute Gasteiger partial charge is 0.264 e. The standard InChI is InChI=1S/C27H30N2O2S.C21H26N2.C6H5ClO2S.3ClH/c1-21-8-5-11-24(20-21)29(32(30,31)25-12-3-2-4-13-25)18-7-17-28-19-16-23-10-6-9-22-14-15-26(28)27(22)23;1-16-5-2-8-19(15-16)22-12-4-13-23-14-11-18-7-3-6-17-9-10-20(23)21(17)18;7-10(8,9)6-4-2-1-3-5-6;;;/h2-6,8-13,20,26H,7,14-19H2,1H3;2-3,5-8,15,20,22H,4,9-14H2,1H3;1-5H;3*1H. The molecule has 8 nitrogen and oxygen atoms in total. The van der Waals surface area contributed by atoms with E-state index >= 15 is 0 Å². The molecule has 6 aromatic carbocycles. The summed E-state index contributed by atoms with van der Waals surface area (Å²) < 4.78 is 49.8. The third kappa shape index (κ3) is 13.4. The molecule has 0 saturated carbocycles. The molecule has 2 unspecified atom stereocenters. The molecule has 2 aliphatic heterocycles. The summed E-state index contributed by atoms with van der Waals surface area (Å²) in [5.41, 5.74) is 13.8. The van der Waals surface area contributed by atoms with E-state index < -0.39 is 19.1 Å². The van der Waals surface area contributed by atoms with Gasteiger partial charge in [0.15, 0.2) is 0 Å². The van der Waals surface area contributed by atoms with Crippen molar-refractivity contribution in [3.8, 4) is 0 Å². The van der Waals surface area contributed by atoms with Crippen molar-refractivity contribution >= 4 is 78.4 Å². The minimum Gasteiger partial charge on any atom is -0.385 e. The molecule has 10 rings (SSSR count). The number of sulfonamides is 1. The van der Waals surface area contributed by atoms with E-state index in [1.165, 1.54) is 79.7 Å². The Hall–Kier alpha value is -4.10. The molecule has 2 aliphatic carbocycles. The molecule has 0 bridgehead atoms. The largest absolute Gasteiger partial charge is 0.385 e. The average Bonchev–Trinajstić information content (AvgIpc) is 3.96. The van der Waals surface area contributed by atoms with E-state index in [9.17, 15) is 16.8 Å². The van der Waals surface area contributed by atoms with Crippen molar-refractivity contribution in [2.24, 2.45) is 0 Å². The fraction of sp³-hybridized carbons (Fsp3) is 0.333. The average molecular weight is 1040 g/mol. The molecule has 0 amide bonds. The third-order valence-electron chi connectivity index (χ3n) is 13.3. The number of hydrogen-bond acceptors (Lipinski definition) is 7. The van der Waals surface area contributed by atoms with E-state index in [1.54, 1.807) is 69.0 Å². The van der Waals surface area contributed by atoms with Crippen LogP contribution < -0.4 is 9.62 Å². The topological polar surface area (TPSA) is 90.0 Å². The van der Waals surface area contributed by atoms with Gasteiger partial charge >= 0.3 is 0 Å². The zero-order valence-electron chi connectivity index (χ0n) is 38.8. The van der Waals surface area contributed by atoms with E-state index in [-0.39, 0.29) is 42.1 Å². The Morgan fingerprint density at radius 2 is 1.03 bits per heavy atom. The van der Waals surface area contributed by atoms with Gasteiger partial charge in [-0.15, -0.1) is 37.2 Å². The second kappa shape index (κ2) is 25.1. The second-order valence-corrected chi connectivity index (χ2v) is 22.1. The lowest BCUT2D eigenvalue weighted by atomic mass is 9.93. The fourth-order valence-corrected chi connectivity index (χ4v) is 12.5. The van der Waals surface area contributed by atoms with Crippen molar-refractivity contribution in [3.05, 3.63) is 190 Å². The lowest BCUT2D eigenvalue weighted by Crippen LogP contribution is -2.38. The Kier molecular flexibility index (Phi) is 20.3. The molecule has 2 atom stereocenters. The number of nitrogens with one attached hydrogen (secondary N) is 1. The molecule has 4 aliphatic rings. The molecule has 0 saturated heterocycles. The van der Waals surface area contributed by atoms with Crippen LogP contribution in [0.5, 0.6) is 0 Å². The Balaban J connectivity index is 0.000000210. The van der Waals surface area contributed by atoms with Gasteiger partial charge in [-0.2, -0.15) is 0 Å². The summed E-state index contributed by atoms with van der Waals surface area (Å²) in [6.45, 7) is 10.1. The number of benzene rings is 6. The maximum atomic E-state index is 13.5. The van der Waals surface area contributed by atoms with Gasteiger partial charge in [-0.1, -0.05) is 97.1 Å². The molecule has 14 heteroatoms. The highest BCUT2D eigenvalue weighted by molar-refractivity contribution is 8.13. The molecule has 68 heavy (non-hydrogen) atoms. The molecule has 0 radical (unpaired) electrons. The Morgan fingerprint density at radius 1 is 0.559 bits per heavy atom. The molecule has 0 spiro atoms. The van der Waals surface area contributed by atoms with Gasteiger partial charge in [0.2, 0.25) is 0 Å². The highest BCUT2D eigenvalue weighted by Crippen LogP contribution is 2.42. The summed E-state index contributed by atoms with van der Waals surface area (Å²) >= 11 is 0. The minimum atomic E-state index is -3.62. The van der Waals surface area contributed by atoms with Gasteiger partial charge in [-0.25, -0.2) is 16.8 Å². The molecular weight excluding hydrogens is 975 g/mol. The molecule has 6 aromatic rings. The van der Waals surface area contributed by atoms with Crippen LogP contribution in [0, 0.1) is 13.8 Å². The lowest BCUT2D eigenvalue weighted by Gasteiger charge is -2.35. The van der Waals surface area contributed by atoms with E-state index in [4.69, 9.17) is 10.7 Å². The fourth-order valence-electron chi connectivity index (χ4n) is 10.2. The molecule has 0 aromatic heterocycles. The molecule has 2 heterocycles. The van der Waals surface area contributed by atoms with Gasteiger partial charge in [0, 0.05) is 67.7 Å². The molecule has 0 fully saturated rings. The number of halogens is 4. The normalized spacial score (nSPS) is 16.7. The number of hydrogen-bond donors (Lipinski definition) is 1. The number of aryl methyl sites for hydroxylation is 4. The van der Waals surface area contributed by atoms with Crippen LogP contribution >= 0.6 is 47.9 Å². The van der Waals surface area contributed by atoms with Gasteiger partial charge in [0.05, 0.1) is 15.5 Å². The Bertz CT molecular complexity index is 2790. The van der Waals surface area contributed by atoms with Crippen molar-refractivity contribution < 1.29 is 16.8 Å². The summed E-state index contributed by atoms with van der Waals surface area (Å²) in [7, 11) is -2.12. The summed E-state index contributed by atoms with van der Waals surface area (Å²) in [6, 6.07) is 47.9. The third-order valence-corrected chi connectivity index (χ3v) is 16.5. The monoisotopic (exact) mass is 1040 g/mol. The summed E-state index contributed by atoms with van der Waals surface area (Å²) in [5, 5.41) is 3.56. The summed E-state index contributed by atoms with van der Waals surface area (Å²) in [6.07, 6.45) is 9.24. The number of anilines is 2. The van der Waals surface area contributed by atoms with Crippen LogP contribution in [0.1, 0.15) is 82.3 Å². The highest BCUT2D eigenvalue weighted by atomic mass is 35.7. The van der Waals surface area contributed by atoms with Gasteiger partial charge < -0.3 is 5.32 Å². The van der Waals surface area contributed by atoms with Crippen LogP contribution in [-0.2, 0) is 44.8 Å². The van der Waals surface area contributed by atoms with E-state index in [2.05, 4.69) is 82.7 Å². The Morgan fingerprint density at radius 3 is 1.53 bits per heavy atom. The van der Waals surface area contributed by atoms with Crippen molar-refractivity contribution in [2.45, 2.75) is 87.1 Å². The first-order chi connectivity index (χ1) is 31.5. The van der Waals surface area contributed by atoms with Gasteiger partial charge in [-0.05, 0) is 158 Å². The van der Waals surface area contributed by atoms with Crippen LogP contribution in [-0.4, -0.2) is 65.9 Å². The Labute approximate surface area is 428 Å². The molecule has 1 N–H and O–H groups in total. The maximum absolute atomic E-state index is 13.5. The lowest BCUT2D eigenvalue weighted by molar-refractivity contribution is 0.185. The molecular formula is C54H64Cl4N4O4S2. The van der Waals surface area contributed by atoms with Crippen LogP contribution in [0.3, 0.4) is 0 Å². The second-order valence-electron chi connectivity index (χ2n) is 17.6. The predicted octanol–water partition coefficient (Wildman–Crippen LogP) is 12.3. The minimum absolute atomic E-state index is 0. The zero-order chi connectivity index (χ0) is 45.4. The first-order valence-corrected chi connectivity index (χ1v) is 26.8. The van der Waals surface area contributed by atoms with E-state index in [1.807, 2.05) is 37.3 Å². The van der Waals surface area contributed by atoms with Gasteiger partial charge in [-0.3, -0.25) is 14.1 Å². The number of nitrogens with zero attached hydrogens (tertiary/aromatic N) is 3. The van der Waals surface area contributed by atoms with Crippen molar-refractivity contribution in [1.29, 1.82) is 0 Å². The van der Waals surface area contributed by atoms with E-state index in [0.29, 0.717) is 23.5 Å². The first-order valence-electron chi connectivity index (χ1n) is 23.1. The summed E-state index contributed by atoms with van der Waals surface area (Å²) in [4.78, 5) is 5.77. The van der Waals surface area contributed by atoms with E-state index in [0.717, 1.165) is 50.1 Å². The van der Waals surface area contributed by atoms with Crippen molar-refractivity contribution in [3.63, 3.8) is 0 Å². The van der Waals surface area contributed by atoms with Crippen LogP contribution in [0.4, 0.5) is 11.4 Å². The van der Waals surface area contributed by atoms with Crippen LogP contribution in [0.15, 0.2) is 155 Å². The zero-order valence-corrected chi connectivity index (χ0v) is 43.6.